The largest absolute Gasteiger partial charge is 0.491 e. The summed E-state index contributed by atoms with van der Waals surface area (Å²) in [5.41, 5.74) is 6.15. The van der Waals surface area contributed by atoms with Crippen molar-refractivity contribution >= 4 is 11.9 Å². The van der Waals surface area contributed by atoms with Crippen LogP contribution in [0.5, 0.6) is 5.75 Å². The van der Waals surface area contributed by atoms with Crippen molar-refractivity contribution in [1.29, 1.82) is 0 Å². The Hall–Kier alpha value is -3.78. The molecule has 0 bridgehead atoms. The number of aromatic nitrogens is 1. The standard InChI is InChI=1S/C34H38FN3O4/c1-21(2)42-32-19-29(23-6-8-25(35)9-7-23)28(22-4-5-22)18-24(32)20-37-15-12-26(13-16-37)38-17-14-30-27(33(38)39)10-11-31(36-30)34(40)41-3/h6-11,18-19,21-22,26H,4-5,12-17,20H2,1-3H3. The molecule has 6 rings (SSSR count). The maximum absolute atomic E-state index is 13.7. The lowest BCUT2D eigenvalue weighted by molar-refractivity contribution is 0.0536. The number of esters is 1. The number of benzene rings is 2. The number of fused-ring (bicyclic) bond motifs is 1. The minimum atomic E-state index is -0.489. The van der Waals surface area contributed by atoms with E-state index in [1.165, 1.54) is 43.2 Å². The summed E-state index contributed by atoms with van der Waals surface area (Å²) in [5.74, 6) is 0.699. The molecule has 0 spiro atoms. The van der Waals surface area contributed by atoms with E-state index in [1.54, 1.807) is 12.1 Å². The Balaban J connectivity index is 1.16. The minimum absolute atomic E-state index is 0.00306. The molecule has 220 valence electrons. The van der Waals surface area contributed by atoms with Crippen LogP contribution < -0.4 is 4.74 Å². The molecule has 0 N–H and O–H groups in total. The second kappa shape index (κ2) is 11.8. The molecule has 1 aliphatic carbocycles. The normalized spacial score (nSPS) is 17.8. The number of amides is 1. The number of ether oxygens (including phenoxy) is 2. The van der Waals surface area contributed by atoms with Gasteiger partial charge in [-0.25, -0.2) is 14.2 Å². The van der Waals surface area contributed by atoms with Crippen LogP contribution in [-0.2, 0) is 17.7 Å². The highest BCUT2D eigenvalue weighted by molar-refractivity contribution is 5.97. The fourth-order valence-electron chi connectivity index (χ4n) is 6.31. The van der Waals surface area contributed by atoms with E-state index in [1.807, 2.05) is 30.9 Å². The highest BCUT2D eigenvalue weighted by Crippen LogP contribution is 2.47. The lowest BCUT2D eigenvalue weighted by atomic mass is 9.93. The van der Waals surface area contributed by atoms with Gasteiger partial charge in [-0.05, 0) is 98.5 Å². The van der Waals surface area contributed by atoms with Crippen LogP contribution in [0.2, 0.25) is 0 Å². The Morgan fingerprint density at radius 2 is 1.74 bits per heavy atom. The predicted octanol–water partition coefficient (Wildman–Crippen LogP) is 6.00. The summed E-state index contributed by atoms with van der Waals surface area (Å²) in [6.45, 7) is 7.26. The Labute approximate surface area is 246 Å². The zero-order valence-electron chi connectivity index (χ0n) is 24.6. The van der Waals surface area contributed by atoms with Crippen LogP contribution in [-0.4, -0.2) is 65.6 Å². The van der Waals surface area contributed by atoms with E-state index in [4.69, 9.17) is 9.47 Å². The molecule has 3 aliphatic rings. The Morgan fingerprint density at radius 1 is 1.00 bits per heavy atom. The molecule has 1 saturated heterocycles. The Bertz CT molecular complexity index is 1480. The van der Waals surface area contributed by atoms with Gasteiger partial charge in [0.25, 0.3) is 5.91 Å². The van der Waals surface area contributed by atoms with Crippen LogP contribution in [0.25, 0.3) is 11.1 Å². The van der Waals surface area contributed by atoms with Gasteiger partial charge < -0.3 is 14.4 Å². The van der Waals surface area contributed by atoms with Gasteiger partial charge in [-0.3, -0.25) is 9.69 Å². The molecule has 1 aromatic heterocycles. The number of carbonyl (C=O) groups excluding carboxylic acids is 2. The molecule has 0 unspecified atom stereocenters. The first-order valence-electron chi connectivity index (χ1n) is 15.0. The van der Waals surface area contributed by atoms with Crippen molar-refractivity contribution in [3.63, 3.8) is 0 Å². The quantitative estimate of drug-likeness (QED) is 0.309. The first-order chi connectivity index (χ1) is 20.3. The number of nitrogens with zero attached hydrogens (tertiary/aromatic N) is 3. The van der Waals surface area contributed by atoms with Crippen molar-refractivity contribution in [3.8, 4) is 16.9 Å². The van der Waals surface area contributed by atoms with Crippen molar-refractivity contribution in [3.05, 3.63) is 82.4 Å². The monoisotopic (exact) mass is 571 g/mol. The zero-order chi connectivity index (χ0) is 29.4. The average molecular weight is 572 g/mol. The summed E-state index contributed by atoms with van der Waals surface area (Å²) in [7, 11) is 1.33. The van der Waals surface area contributed by atoms with Crippen molar-refractivity contribution in [2.24, 2.45) is 0 Å². The number of likely N-dealkylation sites (tertiary alicyclic amines) is 1. The minimum Gasteiger partial charge on any atom is -0.491 e. The SMILES string of the molecule is COC(=O)c1ccc2c(n1)CCN(C1CCN(Cc3cc(C4CC4)c(-c4ccc(F)cc4)cc3OC(C)C)CC1)C2=O. The number of piperidine rings is 1. The molecule has 8 heteroatoms. The smallest absolute Gasteiger partial charge is 0.356 e. The molecule has 2 aromatic carbocycles. The summed E-state index contributed by atoms with van der Waals surface area (Å²) in [5, 5.41) is 0. The molecule has 42 heavy (non-hydrogen) atoms. The van der Waals surface area contributed by atoms with Gasteiger partial charge in [0.1, 0.15) is 17.3 Å². The van der Waals surface area contributed by atoms with Gasteiger partial charge >= 0.3 is 5.97 Å². The van der Waals surface area contributed by atoms with Gasteiger partial charge in [-0.2, -0.15) is 0 Å². The number of methoxy groups -OCH3 is 1. The Morgan fingerprint density at radius 3 is 2.40 bits per heavy atom. The molecule has 2 aliphatic heterocycles. The third-order valence-corrected chi connectivity index (χ3v) is 8.61. The summed E-state index contributed by atoms with van der Waals surface area (Å²) < 4.78 is 24.8. The molecule has 1 amide bonds. The molecule has 7 nitrogen and oxygen atoms in total. The van der Waals surface area contributed by atoms with Crippen LogP contribution >= 0.6 is 0 Å². The molecular weight excluding hydrogens is 533 g/mol. The number of hydrogen-bond donors (Lipinski definition) is 0. The van der Waals surface area contributed by atoms with Crippen LogP contribution in [0.3, 0.4) is 0 Å². The van der Waals surface area contributed by atoms with E-state index in [-0.39, 0.29) is 29.6 Å². The first-order valence-corrected chi connectivity index (χ1v) is 15.0. The highest BCUT2D eigenvalue weighted by atomic mass is 19.1. The zero-order valence-corrected chi connectivity index (χ0v) is 24.6. The van der Waals surface area contributed by atoms with Crippen molar-refractivity contribution in [2.75, 3.05) is 26.7 Å². The number of carbonyl (C=O) groups is 2. The molecule has 1 saturated carbocycles. The van der Waals surface area contributed by atoms with Gasteiger partial charge in [0.2, 0.25) is 0 Å². The molecular formula is C34H38FN3O4. The van der Waals surface area contributed by atoms with E-state index >= 15 is 0 Å². The lowest BCUT2D eigenvalue weighted by Gasteiger charge is -2.40. The van der Waals surface area contributed by atoms with Crippen molar-refractivity contribution in [2.45, 2.75) is 70.6 Å². The number of hydrogen-bond acceptors (Lipinski definition) is 6. The second-order valence-electron chi connectivity index (χ2n) is 11.9. The van der Waals surface area contributed by atoms with Crippen molar-refractivity contribution < 1.29 is 23.5 Å². The topological polar surface area (TPSA) is 72.0 Å². The first kappa shape index (κ1) is 28.3. The maximum atomic E-state index is 13.7. The fourth-order valence-corrected chi connectivity index (χ4v) is 6.31. The van der Waals surface area contributed by atoms with Crippen LogP contribution in [0.4, 0.5) is 4.39 Å². The van der Waals surface area contributed by atoms with E-state index < -0.39 is 5.97 Å². The van der Waals surface area contributed by atoms with Gasteiger partial charge in [0, 0.05) is 44.2 Å². The molecule has 0 radical (unpaired) electrons. The molecule has 3 aromatic rings. The third kappa shape index (κ3) is 5.91. The van der Waals surface area contributed by atoms with E-state index in [2.05, 4.69) is 22.0 Å². The van der Waals surface area contributed by atoms with Crippen molar-refractivity contribution in [1.82, 2.24) is 14.8 Å². The highest BCUT2D eigenvalue weighted by Gasteiger charge is 2.34. The van der Waals surface area contributed by atoms with Gasteiger partial charge in [-0.15, -0.1) is 0 Å². The molecule has 0 atom stereocenters. The average Bonchev–Trinajstić information content (AvgIpc) is 3.84. The van der Waals surface area contributed by atoms with Gasteiger partial charge in [0.05, 0.1) is 24.5 Å². The van der Waals surface area contributed by atoms with Gasteiger partial charge in [-0.1, -0.05) is 12.1 Å². The number of halogens is 1. The van der Waals surface area contributed by atoms with Crippen LogP contribution in [0.1, 0.15) is 83.1 Å². The van der Waals surface area contributed by atoms with E-state index in [0.29, 0.717) is 30.1 Å². The lowest BCUT2D eigenvalue weighted by Crippen LogP contribution is -2.50. The summed E-state index contributed by atoms with van der Waals surface area (Å²) in [4.78, 5) is 34.1. The van der Waals surface area contributed by atoms with Gasteiger partial charge in [0.15, 0.2) is 0 Å². The van der Waals surface area contributed by atoms with Crippen LogP contribution in [0.15, 0.2) is 48.5 Å². The molecule has 2 fully saturated rings. The van der Waals surface area contributed by atoms with E-state index in [9.17, 15) is 14.0 Å². The maximum Gasteiger partial charge on any atom is 0.356 e. The second-order valence-corrected chi connectivity index (χ2v) is 11.9. The number of pyridine rings is 1. The van der Waals surface area contributed by atoms with Crippen LogP contribution in [0, 0.1) is 5.82 Å². The predicted molar refractivity (Wildman–Crippen MR) is 158 cm³/mol. The number of rotatable bonds is 8. The summed E-state index contributed by atoms with van der Waals surface area (Å²) in [6.07, 6.45) is 4.82. The summed E-state index contributed by atoms with van der Waals surface area (Å²) in [6, 6.07) is 14.7. The van der Waals surface area contributed by atoms with E-state index in [0.717, 1.165) is 49.4 Å². The Kier molecular flexibility index (Phi) is 7.99. The summed E-state index contributed by atoms with van der Waals surface area (Å²) >= 11 is 0. The third-order valence-electron chi connectivity index (χ3n) is 8.61. The molecule has 3 heterocycles. The fraction of sp³-hybridized carbons (Fsp3) is 0.441.